The standard InChI is InChI=1S/C31H30N2O4/c1-21(26-16-8-13-22-10-6-7-15-27(22)26)30(36)32-28-20-25(19-18-23(28)14-9-17-29(34)35)33(2)31(37)24-11-4-3-5-12-24/h3-8,10-13,15-16,18-21H,9,14,17H2,1-2H3,(H,32,36)(H,34,35). The van der Waals surface area contributed by atoms with Gasteiger partial charge in [0, 0.05) is 30.4 Å². The number of nitrogens with one attached hydrogen (secondary N) is 1. The first-order valence-corrected chi connectivity index (χ1v) is 12.3. The summed E-state index contributed by atoms with van der Waals surface area (Å²) in [4.78, 5) is 39.0. The molecule has 0 heterocycles. The monoisotopic (exact) mass is 494 g/mol. The molecule has 0 aliphatic rings. The minimum absolute atomic E-state index is 0.0357. The Morgan fingerprint density at radius 2 is 1.59 bits per heavy atom. The quantitative estimate of drug-likeness (QED) is 0.287. The lowest BCUT2D eigenvalue weighted by molar-refractivity contribution is -0.137. The maximum absolute atomic E-state index is 13.4. The van der Waals surface area contributed by atoms with Crippen molar-refractivity contribution in [3.63, 3.8) is 0 Å². The molecule has 1 atom stereocenters. The Bertz CT molecular complexity index is 1430. The van der Waals surface area contributed by atoms with E-state index in [0.29, 0.717) is 29.8 Å². The van der Waals surface area contributed by atoms with Crippen LogP contribution in [0.2, 0.25) is 0 Å². The highest BCUT2D eigenvalue weighted by atomic mass is 16.4. The molecule has 0 saturated carbocycles. The van der Waals surface area contributed by atoms with Gasteiger partial charge in [-0.3, -0.25) is 14.4 Å². The van der Waals surface area contributed by atoms with Crippen molar-refractivity contribution < 1.29 is 19.5 Å². The van der Waals surface area contributed by atoms with E-state index in [2.05, 4.69) is 5.32 Å². The second kappa shape index (κ2) is 11.5. The summed E-state index contributed by atoms with van der Waals surface area (Å²) in [6.07, 6.45) is 0.963. The van der Waals surface area contributed by atoms with E-state index in [0.717, 1.165) is 21.9 Å². The Morgan fingerprint density at radius 1 is 0.892 bits per heavy atom. The summed E-state index contributed by atoms with van der Waals surface area (Å²) in [5.41, 5.74) is 3.52. The highest BCUT2D eigenvalue weighted by molar-refractivity contribution is 6.06. The molecule has 37 heavy (non-hydrogen) atoms. The number of amides is 2. The maximum atomic E-state index is 13.4. The normalized spacial score (nSPS) is 11.6. The number of benzene rings is 4. The molecule has 2 N–H and O–H groups in total. The van der Waals surface area contributed by atoms with Crippen LogP contribution in [-0.2, 0) is 16.0 Å². The minimum atomic E-state index is -0.861. The lowest BCUT2D eigenvalue weighted by Crippen LogP contribution is -2.26. The van der Waals surface area contributed by atoms with Crippen LogP contribution in [-0.4, -0.2) is 29.9 Å². The second-order valence-corrected chi connectivity index (χ2v) is 9.10. The SMILES string of the molecule is CC(C(=O)Nc1cc(N(C)C(=O)c2ccccc2)ccc1CCCC(=O)O)c1cccc2ccccc12. The second-order valence-electron chi connectivity index (χ2n) is 9.10. The summed E-state index contributed by atoms with van der Waals surface area (Å²) in [6.45, 7) is 1.87. The van der Waals surface area contributed by atoms with Crippen molar-refractivity contribution in [2.24, 2.45) is 0 Å². The van der Waals surface area contributed by atoms with Gasteiger partial charge in [0.25, 0.3) is 5.91 Å². The molecule has 0 fully saturated rings. The summed E-state index contributed by atoms with van der Waals surface area (Å²) in [7, 11) is 1.69. The van der Waals surface area contributed by atoms with Gasteiger partial charge in [0.2, 0.25) is 5.91 Å². The fourth-order valence-corrected chi connectivity index (χ4v) is 4.44. The Labute approximate surface area is 216 Å². The fourth-order valence-electron chi connectivity index (χ4n) is 4.44. The number of hydrogen-bond donors (Lipinski definition) is 2. The van der Waals surface area contributed by atoms with E-state index < -0.39 is 11.9 Å². The predicted molar refractivity (Wildman–Crippen MR) is 147 cm³/mol. The third-order valence-corrected chi connectivity index (χ3v) is 6.58. The van der Waals surface area contributed by atoms with Crippen molar-refractivity contribution in [2.75, 3.05) is 17.3 Å². The van der Waals surface area contributed by atoms with Gasteiger partial charge in [-0.25, -0.2) is 0 Å². The molecule has 0 saturated heterocycles. The number of aryl methyl sites for hydroxylation is 1. The van der Waals surface area contributed by atoms with E-state index in [1.165, 1.54) is 0 Å². The van der Waals surface area contributed by atoms with Crippen molar-refractivity contribution >= 4 is 39.9 Å². The highest BCUT2D eigenvalue weighted by Gasteiger charge is 2.20. The summed E-state index contributed by atoms with van der Waals surface area (Å²) in [5.74, 6) is -1.63. The van der Waals surface area contributed by atoms with E-state index >= 15 is 0 Å². The van der Waals surface area contributed by atoms with Gasteiger partial charge in [0.1, 0.15) is 0 Å². The molecule has 1 unspecified atom stereocenters. The Kier molecular flexibility index (Phi) is 7.98. The van der Waals surface area contributed by atoms with Crippen LogP contribution in [0.3, 0.4) is 0 Å². The van der Waals surface area contributed by atoms with Crippen LogP contribution in [0.15, 0.2) is 91.0 Å². The number of hydrogen-bond acceptors (Lipinski definition) is 3. The summed E-state index contributed by atoms with van der Waals surface area (Å²) in [6, 6.07) is 28.3. The fraction of sp³-hybridized carbons (Fsp3) is 0.194. The van der Waals surface area contributed by atoms with Gasteiger partial charge in [-0.15, -0.1) is 0 Å². The highest BCUT2D eigenvalue weighted by Crippen LogP contribution is 2.30. The molecule has 0 radical (unpaired) electrons. The number of anilines is 2. The van der Waals surface area contributed by atoms with Crippen LogP contribution in [0.1, 0.15) is 47.2 Å². The Morgan fingerprint density at radius 3 is 2.35 bits per heavy atom. The molecule has 4 aromatic rings. The number of carboxylic acid groups (broad SMARTS) is 1. The van der Waals surface area contributed by atoms with Crippen molar-refractivity contribution in [2.45, 2.75) is 32.1 Å². The van der Waals surface area contributed by atoms with E-state index in [1.54, 1.807) is 30.1 Å². The molecule has 6 heteroatoms. The van der Waals surface area contributed by atoms with Gasteiger partial charge in [-0.1, -0.05) is 66.7 Å². The minimum Gasteiger partial charge on any atom is -0.481 e. The Hall–Kier alpha value is -4.45. The number of carbonyl (C=O) groups is 3. The van der Waals surface area contributed by atoms with Gasteiger partial charge in [-0.2, -0.15) is 0 Å². The first-order chi connectivity index (χ1) is 17.8. The van der Waals surface area contributed by atoms with E-state index in [4.69, 9.17) is 5.11 Å². The number of nitrogens with zero attached hydrogens (tertiary/aromatic N) is 1. The first kappa shape index (κ1) is 25.6. The lowest BCUT2D eigenvalue weighted by atomic mass is 9.94. The molecule has 0 aliphatic carbocycles. The maximum Gasteiger partial charge on any atom is 0.303 e. The van der Waals surface area contributed by atoms with Gasteiger partial charge in [-0.05, 0) is 65.9 Å². The zero-order chi connectivity index (χ0) is 26.4. The van der Waals surface area contributed by atoms with Gasteiger partial charge in [0.15, 0.2) is 0 Å². The molecule has 2 amide bonds. The number of carbonyl (C=O) groups excluding carboxylic acids is 2. The average Bonchev–Trinajstić information content (AvgIpc) is 2.92. The van der Waals surface area contributed by atoms with Crippen molar-refractivity contribution in [1.82, 2.24) is 0 Å². The number of carboxylic acids is 1. The summed E-state index contributed by atoms with van der Waals surface area (Å²) in [5, 5.41) is 14.2. The zero-order valence-electron chi connectivity index (χ0n) is 21.0. The zero-order valence-corrected chi connectivity index (χ0v) is 21.0. The van der Waals surface area contributed by atoms with Crippen molar-refractivity contribution in [3.05, 3.63) is 108 Å². The number of rotatable bonds is 9. The van der Waals surface area contributed by atoms with Gasteiger partial charge in [0.05, 0.1) is 5.92 Å². The molecule has 0 bridgehead atoms. The van der Waals surface area contributed by atoms with Gasteiger partial charge < -0.3 is 15.3 Å². The molecule has 0 spiro atoms. The molecular weight excluding hydrogens is 464 g/mol. The van der Waals surface area contributed by atoms with Crippen LogP contribution in [0, 0.1) is 0 Å². The smallest absolute Gasteiger partial charge is 0.303 e. The van der Waals surface area contributed by atoms with E-state index in [9.17, 15) is 14.4 Å². The molecule has 188 valence electrons. The number of aliphatic carboxylic acids is 1. The molecule has 4 rings (SSSR count). The third-order valence-electron chi connectivity index (χ3n) is 6.58. The predicted octanol–water partition coefficient (Wildman–Crippen LogP) is 6.27. The van der Waals surface area contributed by atoms with Crippen LogP contribution in [0.25, 0.3) is 10.8 Å². The molecule has 4 aromatic carbocycles. The van der Waals surface area contributed by atoms with Crippen LogP contribution in [0.5, 0.6) is 0 Å². The Balaban J connectivity index is 1.62. The van der Waals surface area contributed by atoms with Crippen molar-refractivity contribution in [3.8, 4) is 0 Å². The molecule has 0 aliphatic heterocycles. The summed E-state index contributed by atoms with van der Waals surface area (Å²) >= 11 is 0. The molecular formula is C31H30N2O4. The van der Waals surface area contributed by atoms with E-state index in [-0.39, 0.29) is 18.2 Å². The molecule has 0 aromatic heterocycles. The third kappa shape index (κ3) is 6.04. The lowest BCUT2D eigenvalue weighted by Gasteiger charge is -2.21. The largest absolute Gasteiger partial charge is 0.481 e. The van der Waals surface area contributed by atoms with Crippen LogP contribution < -0.4 is 10.2 Å². The van der Waals surface area contributed by atoms with Gasteiger partial charge >= 0.3 is 5.97 Å². The summed E-state index contributed by atoms with van der Waals surface area (Å²) < 4.78 is 0. The van der Waals surface area contributed by atoms with Crippen LogP contribution in [0.4, 0.5) is 11.4 Å². The number of fused-ring (bicyclic) bond motifs is 1. The topological polar surface area (TPSA) is 86.7 Å². The molecule has 6 nitrogen and oxygen atoms in total. The van der Waals surface area contributed by atoms with E-state index in [1.807, 2.05) is 79.7 Å². The average molecular weight is 495 g/mol. The van der Waals surface area contributed by atoms with Crippen molar-refractivity contribution in [1.29, 1.82) is 0 Å². The first-order valence-electron chi connectivity index (χ1n) is 12.3. The van der Waals surface area contributed by atoms with Crippen LogP contribution >= 0.6 is 0 Å².